The Balaban J connectivity index is 0.000000181. The van der Waals surface area contributed by atoms with Gasteiger partial charge < -0.3 is 9.52 Å². The van der Waals surface area contributed by atoms with Gasteiger partial charge in [0.2, 0.25) is 0 Å². The monoisotopic (exact) mass is 680 g/mol. The highest BCUT2D eigenvalue weighted by Crippen LogP contribution is 2.29. The smallest absolute Gasteiger partial charge is 0.283 e. The minimum Gasteiger partial charge on any atom is -0.507 e. The fraction of sp³-hybridized carbons (Fsp3) is 0. The summed E-state index contributed by atoms with van der Waals surface area (Å²) in [6.45, 7) is 0. The number of nitro benzene ring substituents is 2. The number of fused-ring (bicyclic) bond motifs is 1. The molecule has 0 fully saturated rings. The number of hydrogen-bond acceptors (Lipinski definition) is 6. The van der Waals surface area contributed by atoms with Crippen LogP contribution < -0.4 is 0 Å². The van der Waals surface area contributed by atoms with E-state index < -0.39 is 9.85 Å². The van der Waals surface area contributed by atoms with E-state index in [4.69, 9.17) is 4.42 Å². The van der Waals surface area contributed by atoms with Gasteiger partial charge in [-0.3, -0.25) is 20.2 Å². The molecular formula is C14H7I3N2O6. The number of nitrogens with zero attached hydrogens (tertiary/aromatic N) is 2. The molecule has 1 aromatic heterocycles. The van der Waals surface area contributed by atoms with Gasteiger partial charge in [-0.1, -0.05) is 0 Å². The first-order valence-corrected chi connectivity index (χ1v) is 9.58. The van der Waals surface area contributed by atoms with Gasteiger partial charge in [0, 0.05) is 29.7 Å². The molecule has 0 amide bonds. The lowest BCUT2D eigenvalue weighted by atomic mass is 10.2. The van der Waals surface area contributed by atoms with Gasteiger partial charge in [-0.15, -0.1) is 0 Å². The first-order valence-electron chi connectivity index (χ1n) is 6.34. The molecule has 0 aliphatic heterocycles. The normalized spacial score (nSPS) is 10.2. The summed E-state index contributed by atoms with van der Waals surface area (Å²) in [4.78, 5) is 20.0. The Kier molecular flexibility index (Phi) is 6.78. The van der Waals surface area contributed by atoms with Gasteiger partial charge in [-0.25, -0.2) is 0 Å². The second-order valence-electron chi connectivity index (χ2n) is 4.54. The van der Waals surface area contributed by atoms with Crippen LogP contribution in [0.15, 0.2) is 41.0 Å². The summed E-state index contributed by atoms with van der Waals surface area (Å²) in [6, 6.07) is 7.43. The Hall–Kier alpha value is -1.23. The number of non-ortho nitro benzene ring substituents is 1. The molecule has 0 unspecified atom stereocenters. The van der Waals surface area contributed by atoms with Crippen LogP contribution in [0, 0.1) is 30.9 Å². The molecule has 0 saturated heterocycles. The molecule has 2 aromatic carbocycles. The van der Waals surface area contributed by atoms with Gasteiger partial charge in [0.25, 0.3) is 11.4 Å². The highest BCUT2D eigenvalue weighted by atomic mass is 127. The molecule has 1 N–H and O–H groups in total. The van der Waals surface area contributed by atoms with Crippen molar-refractivity contribution in [2.24, 2.45) is 0 Å². The van der Waals surface area contributed by atoms with Crippen LogP contribution in [0.2, 0.25) is 0 Å². The van der Waals surface area contributed by atoms with Gasteiger partial charge >= 0.3 is 0 Å². The van der Waals surface area contributed by atoms with Crippen molar-refractivity contribution in [1.29, 1.82) is 0 Å². The summed E-state index contributed by atoms with van der Waals surface area (Å²) in [5.74, 6) is 0.0746. The lowest BCUT2D eigenvalue weighted by Crippen LogP contribution is -1.92. The number of phenols is 1. The third-order valence-corrected chi connectivity index (χ3v) is 5.44. The maximum absolute atomic E-state index is 10.5. The highest BCUT2D eigenvalue weighted by molar-refractivity contribution is 14.1. The van der Waals surface area contributed by atoms with E-state index in [2.05, 4.69) is 0 Å². The Bertz CT molecular complexity index is 973. The molecule has 130 valence electrons. The number of rotatable bonds is 2. The standard InChI is InChI=1S/C8H4INO3.C6H3I2NO3/c9-7-4-6(10(11)12)3-5-1-2-13-8(5)7;7-3-2-6(10)4(8)1-5(3)9(11)12/h1-4H;1-2,10H. The van der Waals surface area contributed by atoms with E-state index in [0.29, 0.717) is 12.7 Å². The number of nitro groups is 2. The van der Waals surface area contributed by atoms with Crippen molar-refractivity contribution < 1.29 is 19.4 Å². The summed E-state index contributed by atoms with van der Waals surface area (Å²) < 4.78 is 6.84. The average Bonchev–Trinajstić information content (AvgIpc) is 3.00. The van der Waals surface area contributed by atoms with E-state index in [1.807, 2.05) is 67.8 Å². The molecule has 0 aliphatic rings. The molecular weight excluding hydrogens is 673 g/mol. The van der Waals surface area contributed by atoms with Crippen molar-refractivity contribution in [3.8, 4) is 5.75 Å². The van der Waals surface area contributed by atoms with Crippen LogP contribution >= 0.6 is 67.8 Å². The first-order chi connectivity index (χ1) is 11.7. The summed E-state index contributed by atoms with van der Waals surface area (Å²) in [6.07, 6.45) is 1.52. The van der Waals surface area contributed by atoms with E-state index in [0.717, 1.165) is 8.96 Å². The molecule has 0 spiro atoms. The molecule has 8 nitrogen and oxygen atoms in total. The van der Waals surface area contributed by atoms with Crippen LogP contribution in [0.3, 0.4) is 0 Å². The molecule has 11 heteroatoms. The molecule has 3 rings (SSSR count). The van der Waals surface area contributed by atoms with Crippen molar-refractivity contribution in [3.05, 3.63) is 67.5 Å². The number of benzene rings is 2. The van der Waals surface area contributed by atoms with E-state index in [1.54, 1.807) is 6.07 Å². The zero-order chi connectivity index (χ0) is 18.7. The highest BCUT2D eigenvalue weighted by Gasteiger charge is 2.14. The van der Waals surface area contributed by atoms with Crippen molar-refractivity contribution in [1.82, 2.24) is 0 Å². The SMILES string of the molecule is O=[N+]([O-])c1cc(I)c(O)cc1I.O=[N+]([O-])c1cc(I)c2occc2c1. The van der Waals surface area contributed by atoms with E-state index in [1.165, 1.54) is 30.5 Å². The predicted molar refractivity (Wildman–Crippen MR) is 116 cm³/mol. The second kappa shape index (κ2) is 8.43. The zero-order valence-corrected chi connectivity index (χ0v) is 18.5. The van der Waals surface area contributed by atoms with E-state index in [-0.39, 0.29) is 17.1 Å². The topological polar surface area (TPSA) is 120 Å². The van der Waals surface area contributed by atoms with Crippen LogP contribution in [0.5, 0.6) is 5.75 Å². The summed E-state index contributed by atoms with van der Waals surface area (Å²) in [5.41, 5.74) is 0.822. The Labute approximate surface area is 181 Å². The zero-order valence-electron chi connectivity index (χ0n) is 12.0. The fourth-order valence-corrected chi connectivity index (χ4v) is 3.65. The summed E-state index contributed by atoms with van der Waals surface area (Å²) in [5, 5.41) is 30.8. The third-order valence-electron chi connectivity index (χ3n) is 2.91. The van der Waals surface area contributed by atoms with E-state index in [9.17, 15) is 25.3 Å². The lowest BCUT2D eigenvalue weighted by Gasteiger charge is -1.98. The van der Waals surface area contributed by atoms with Gasteiger partial charge in [0.15, 0.2) is 0 Å². The Morgan fingerprint density at radius 3 is 2.20 bits per heavy atom. The number of phenolic OH excluding ortho intramolecular Hbond substituents is 1. The van der Waals surface area contributed by atoms with Gasteiger partial charge in [0.1, 0.15) is 11.3 Å². The molecule has 0 radical (unpaired) electrons. The lowest BCUT2D eigenvalue weighted by molar-refractivity contribution is -0.385. The van der Waals surface area contributed by atoms with Crippen molar-refractivity contribution in [3.63, 3.8) is 0 Å². The van der Waals surface area contributed by atoms with Crippen molar-refractivity contribution in [2.75, 3.05) is 0 Å². The van der Waals surface area contributed by atoms with Crippen molar-refractivity contribution in [2.45, 2.75) is 0 Å². The molecule has 0 bridgehead atoms. The van der Waals surface area contributed by atoms with Crippen LogP contribution in [0.4, 0.5) is 11.4 Å². The first kappa shape index (κ1) is 20.1. The van der Waals surface area contributed by atoms with Gasteiger partial charge in [0.05, 0.1) is 26.8 Å². The molecule has 25 heavy (non-hydrogen) atoms. The molecule has 0 atom stereocenters. The number of furan rings is 1. The van der Waals surface area contributed by atoms with Crippen LogP contribution in [0.25, 0.3) is 11.0 Å². The fourth-order valence-electron chi connectivity index (χ4n) is 1.79. The third kappa shape index (κ3) is 4.90. The number of aromatic hydroxyl groups is 1. The quantitative estimate of drug-likeness (QED) is 0.219. The minimum atomic E-state index is -0.469. The van der Waals surface area contributed by atoms with Crippen LogP contribution in [0.1, 0.15) is 0 Å². The van der Waals surface area contributed by atoms with Crippen LogP contribution in [-0.2, 0) is 0 Å². The molecule has 1 heterocycles. The minimum absolute atomic E-state index is 0.0257. The number of hydrogen-bond donors (Lipinski definition) is 1. The summed E-state index contributed by atoms with van der Waals surface area (Å²) >= 11 is 5.67. The van der Waals surface area contributed by atoms with Crippen LogP contribution in [-0.4, -0.2) is 15.0 Å². The van der Waals surface area contributed by atoms with Crippen molar-refractivity contribution >= 4 is 90.1 Å². The van der Waals surface area contributed by atoms with Gasteiger partial charge in [-0.05, 0) is 73.8 Å². The Morgan fingerprint density at radius 1 is 0.920 bits per heavy atom. The Morgan fingerprint density at radius 2 is 1.60 bits per heavy atom. The van der Waals surface area contributed by atoms with Gasteiger partial charge in [-0.2, -0.15) is 0 Å². The second-order valence-corrected chi connectivity index (χ2v) is 8.02. The summed E-state index contributed by atoms with van der Waals surface area (Å²) in [7, 11) is 0. The maximum atomic E-state index is 10.5. The largest absolute Gasteiger partial charge is 0.507 e. The predicted octanol–water partition coefficient (Wildman–Crippen LogP) is 5.46. The number of halogens is 3. The molecule has 3 aromatic rings. The van der Waals surface area contributed by atoms with E-state index >= 15 is 0 Å². The maximum Gasteiger partial charge on any atom is 0.283 e. The molecule has 0 saturated carbocycles. The molecule has 0 aliphatic carbocycles. The average molecular weight is 680 g/mol.